The lowest BCUT2D eigenvalue weighted by Gasteiger charge is -2.25. The molecule has 3 aromatic rings. The van der Waals surface area contributed by atoms with E-state index in [1.807, 2.05) is 19.9 Å². The van der Waals surface area contributed by atoms with Gasteiger partial charge in [0.15, 0.2) is 23.0 Å². The third kappa shape index (κ3) is 5.78. The van der Waals surface area contributed by atoms with Crippen LogP contribution in [0.1, 0.15) is 16.7 Å². The Labute approximate surface area is 215 Å². The van der Waals surface area contributed by atoms with Gasteiger partial charge in [0, 0.05) is 6.07 Å². The number of carbonyl (C=O) groups is 1. The van der Waals surface area contributed by atoms with E-state index in [9.17, 15) is 13.2 Å². The Kier molecular flexibility index (Phi) is 7.53. The zero-order valence-corrected chi connectivity index (χ0v) is 21.7. The number of sulfonamides is 1. The molecule has 0 atom stereocenters. The van der Waals surface area contributed by atoms with Crippen LogP contribution >= 0.6 is 0 Å². The molecule has 194 valence electrons. The van der Waals surface area contributed by atoms with Gasteiger partial charge in [-0.15, -0.1) is 0 Å². The maximum absolute atomic E-state index is 13.7. The number of benzene rings is 3. The van der Waals surface area contributed by atoms with Crippen LogP contribution in [-0.2, 0) is 14.8 Å². The van der Waals surface area contributed by atoms with Crippen molar-refractivity contribution >= 4 is 27.8 Å². The number of amides is 1. The third-order valence-corrected chi connectivity index (χ3v) is 7.29. The molecule has 0 saturated heterocycles. The van der Waals surface area contributed by atoms with Crippen LogP contribution in [0.15, 0.2) is 64.6 Å². The van der Waals surface area contributed by atoms with Gasteiger partial charge in [-0.05, 0) is 73.0 Å². The van der Waals surface area contributed by atoms with Crippen LogP contribution in [0, 0.1) is 13.8 Å². The van der Waals surface area contributed by atoms with Crippen LogP contribution in [0.5, 0.6) is 23.0 Å². The molecule has 37 heavy (non-hydrogen) atoms. The van der Waals surface area contributed by atoms with Gasteiger partial charge in [-0.3, -0.25) is 9.10 Å². The monoisotopic (exact) mass is 525 g/mol. The first-order valence-corrected chi connectivity index (χ1v) is 12.7. The molecule has 1 aliphatic rings. The van der Waals surface area contributed by atoms with Crippen molar-refractivity contribution in [3.63, 3.8) is 0 Å². The van der Waals surface area contributed by atoms with Gasteiger partial charge in [0.1, 0.15) is 6.54 Å². The lowest BCUT2D eigenvalue weighted by atomic mass is 10.1. The molecule has 4 rings (SSSR count). The highest BCUT2D eigenvalue weighted by atomic mass is 32.2. The summed E-state index contributed by atoms with van der Waals surface area (Å²) >= 11 is 0. The number of ether oxygens (including phenoxy) is 4. The minimum Gasteiger partial charge on any atom is -0.493 e. The fraction of sp³-hybridized carbons (Fsp3) is 0.231. The van der Waals surface area contributed by atoms with Crippen molar-refractivity contribution < 1.29 is 32.2 Å². The van der Waals surface area contributed by atoms with E-state index in [-0.39, 0.29) is 17.4 Å². The molecule has 1 amide bonds. The predicted octanol–water partition coefficient (Wildman–Crippen LogP) is 3.39. The number of aryl methyl sites for hydroxylation is 2. The number of hydrazone groups is 1. The third-order valence-electron chi connectivity index (χ3n) is 5.52. The van der Waals surface area contributed by atoms with E-state index in [1.165, 1.54) is 38.6 Å². The molecule has 1 N–H and O–H groups in total. The lowest BCUT2D eigenvalue weighted by Crippen LogP contribution is -2.39. The molecular weight excluding hydrogens is 498 g/mol. The first-order valence-electron chi connectivity index (χ1n) is 11.3. The van der Waals surface area contributed by atoms with Gasteiger partial charge in [-0.2, -0.15) is 5.10 Å². The molecule has 0 bridgehead atoms. The van der Waals surface area contributed by atoms with Crippen LogP contribution < -0.4 is 28.7 Å². The summed E-state index contributed by atoms with van der Waals surface area (Å²) in [5.74, 6) is 1.22. The van der Waals surface area contributed by atoms with E-state index in [4.69, 9.17) is 18.9 Å². The van der Waals surface area contributed by atoms with E-state index >= 15 is 0 Å². The average Bonchev–Trinajstić information content (AvgIpc) is 3.34. The van der Waals surface area contributed by atoms with E-state index < -0.39 is 22.5 Å². The van der Waals surface area contributed by atoms with E-state index in [2.05, 4.69) is 10.5 Å². The van der Waals surface area contributed by atoms with E-state index in [0.29, 0.717) is 28.5 Å². The largest absolute Gasteiger partial charge is 0.493 e. The number of hydrogen-bond acceptors (Lipinski definition) is 8. The summed E-state index contributed by atoms with van der Waals surface area (Å²) < 4.78 is 49.7. The van der Waals surface area contributed by atoms with Crippen LogP contribution in [0.4, 0.5) is 5.69 Å². The SMILES string of the molecule is COc1ccc(S(=O)(=O)N(CC(=O)N/N=C/c2ccc3c(c2)OCO3)c2cc(C)cc(C)c2)cc1OC. The standard InChI is InChI=1S/C26H27N3O7S/c1-17-9-18(2)11-20(10-17)29(37(31,32)21-6-8-22(33-3)24(13-21)34-4)15-26(30)28-27-14-19-5-7-23-25(12-19)36-16-35-23/h5-14H,15-16H2,1-4H3,(H,28,30)/b27-14+. The van der Waals surface area contributed by atoms with Gasteiger partial charge >= 0.3 is 0 Å². The minimum absolute atomic E-state index is 0.0547. The number of methoxy groups -OCH3 is 2. The fourth-order valence-electron chi connectivity index (χ4n) is 3.85. The average molecular weight is 526 g/mol. The van der Waals surface area contributed by atoms with Gasteiger partial charge in [-0.1, -0.05) is 6.07 Å². The zero-order valence-electron chi connectivity index (χ0n) is 20.8. The summed E-state index contributed by atoms with van der Waals surface area (Å²) in [6, 6.07) is 14.8. The second-order valence-corrected chi connectivity index (χ2v) is 10.1. The predicted molar refractivity (Wildman–Crippen MR) is 138 cm³/mol. The van der Waals surface area contributed by atoms with Crippen molar-refractivity contribution in [3.8, 4) is 23.0 Å². The normalized spacial score (nSPS) is 12.4. The Hall–Kier alpha value is -4.25. The first-order chi connectivity index (χ1) is 17.7. The molecule has 0 unspecified atom stereocenters. The number of rotatable bonds is 9. The topological polar surface area (TPSA) is 116 Å². The van der Waals surface area contributed by atoms with Gasteiger partial charge in [0.25, 0.3) is 15.9 Å². The smallest absolute Gasteiger partial charge is 0.264 e. The van der Waals surface area contributed by atoms with Gasteiger partial charge < -0.3 is 18.9 Å². The molecular formula is C26H27N3O7S. The Morgan fingerprint density at radius 1 is 0.973 bits per heavy atom. The van der Waals surface area contributed by atoms with E-state index in [0.717, 1.165) is 15.4 Å². The molecule has 3 aromatic carbocycles. The molecule has 1 aliphatic heterocycles. The van der Waals surface area contributed by atoms with Gasteiger partial charge in [0.2, 0.25) is 6.79 Å². The number of carbonyl (C=O) groups excluding carboxylic acids is 1. The summed E-state index contributed by atoms with van der Waals surface area (Å²) in [7, 11) is -1.29. The Morgan fingerprint density at radius 3 is 2.38 bits per heavy atom. The minimum atomic E-state index is -4.17. The number of anilines is 1. The van der Waals surface area contributed by atoms with Crippen molar-refractivity contribution in [2.45, 2.75) is 18.7 Å². The Balaban J connectivity index is 1.60. The Morgan fingerprint density at radius 2 is 1.68 bits per heavy atom. The molecule has 0 radical (unpaired) electrons. The van der Waals surface area contributed by atoms with Crippen molar-refractivity contribution in [2.24, 2.45) is 5.10 Å². The van der Waals surface area contributed by atoms with Crippen LogP contribution in [0.3, 0.4) is 0 Å². The number of nitrogens with one attached hydrogen (secondary N) is 1. The summed E-state index contributed by atoms with van der Waals surface area (Å²) in [6.07, 6.45) is 1.43. The highest BCUT2D eigenvalue weighted by molar-refractivity contribution is 7.92. The van der Waals surface area contributed by atoms with Gasteiger partial charge in [0.05, 0.1) is 31.0 Å². The number of fused-ring (bicyclic) bond motifs is 1. The number of nitrogens with zero attached hydrogens (tertiary/aromatic N) is 2. The lowest BCUT2D eigenvalue weighted by molar-refractivity contribution is -0.119. The molecule has 0 fully saturated rings. The van der Waals surface area contributed by atoms with E-state index in [1.54, 1.807) is 30.3 Å². The quantitative estimate of drug-likeness (QED) is 0.336. The molecule has 1 heterocycles. The maximum atomic E-state index is 13.7. The van der Waals surface area contributed by atoms with Gasteiger partial charge in [-0.25, -0.2) is 13.8 Å². The van der Waals surface area contributed by atoms with Crippen LogP contribution in [0.25, 0.3) is 0 Å². The van der Waals surface area contributed by atoms with Crippen molar-refractivity contribution in [3.05, 3.63) is 71.3 Å². The summed E-state index contributed by atoms with van der Waals surface area (Å²) in [5, 5.41) is 3.97. The molecule has 0 spiro atoms. The second-order valence-electron chi connectivity index (χ2n) is 8.28. The van der Waals surface area contributed by atoms with Crippen LogP contribution in [-0.4, -0.2) is 48.1 Å². The zero-order chi connectivity index (χ0) is 26.6. The maximum Gasteiger partial charge on any atom is 0.264 e. The van der Waals surface area contributed by atoms with Crippen LogP contribution in [0.2, 0.25) is 0 Å². The van der Waals surface area contributed by atoms with Crippen molar-refractivity contribution in [2.75, 3.05) is 31.9 Å². The Bertz CT molecular complexity index is 1430. The fourth-order valence-corrected chi connectivity index (χ4v) is 5.27. The van der Waals surface area contributed by atoms with Crippen molar-refractivity contribution in [1.29, 1.82) is 0 Å². The summed E-state index contributed by atoms with van der Waals surface area (Å²) in [6.45, 7) is 3.36. The summed E-state index contributed by atoms with van der Waals surface area (Å²) in [5.41, 5.74) is 5.13. The molecule has 10 nitrogen and oxygen atoms in total. The highest BCUT2D eigenvalue weighted by Crippen LogP contribution is 2.33. The molecule has 0 aromatic heterocycles. The molecule has 11 heteroatoms. The van der Waals surface area contributed by atoms with Crippen molar-refractivity contribution in [1.82, 2.24) is 5.43 Å². The second kappa shape index (κ2) is 10.8. The number of hydrogen-bond donors (Lipinski definition) is 1. The summed E-state index contributed by atoms with van der Waals surface area (Å²) in [4.78, 5) is 12.8. The molecule has 0 aliphatic carbocycles. The molecule has 0 saturated carbocycles. The first kappa shape index (κ1) is 25.8. The highest BCUT2D eigenvalue weighted by Gasteiger charge is 2.28.